The number of nitrogens with one attached hydrogen (secondary N) is 1. The SMILES string of the molecule is CSCC[C@H](C)C(=O)NO. The van der Waals surface area contributed by atoms with Crippen molar-refractivity contribution in [2.75, 3.05) is 12.0 Å². The van der Waals surface area contributed by atoms with Gasteiger partial charge in [-0.2, -0.15) is 11.8 Å². The average Bonchev–Trinajstić information content (AvgIpc) is 1.98. The summed E-state index contributed by atoms with van der Waals surface area (Å²) in [5.41, 5.74) is 1.63. The van der Waals surface area contributed by atoms with Crippen LogP contribution in [0.1, 0.15) is 13.3 Å². The maximum Gasteiger partial charge on any atom is 0.246 e. The number of hydroxylamine groups is 1. The molecule has 2 N–H and O–H groups in total. The van der Waals surface area contributed by atoms with Crippen molar-refractivity contribution >= 4 is 17.7 Å². The molecule has 1 atom stereocenters. The summed E-state index contributed by atoms with van der Waals surface area (Å²) in [7, 11) is 0. The maximum atomic E-state index is 10.6. The predicted molar refractivity (Wildman–Crippen MR) is 42.1 cm³/mol. The van der Waals surface area contributed by atoms with Crippen LogP contribution in [-0.4, -0.2) is 23.1 Å². The molecule has 0 aliphatic rings. The summed E-state index contributed by atoms with van der Waals surface area (Å²) in [6.45, 7) is 1.79. The second-order valence-corrected chi connectivity index (χ2v) is 3.14. The van der Waals surface area contributed by atoms with Gasteiger partial charge in [-0.05, 0) is 18.4 Å². The van der Waals surface area contributed by atoms with Crippen LogP contribution in [-0.2, 0) is 4.79 Å². The van der Waals surface area contributed by atoms with Gasteiger partial charge >= 0.3 is 0 Å². The first-order valence-corrected chi connectivity index (χ1v) is 4.54. The number of carbonyl (C=O) groups is 1. The van der Waals surface area contributed by atoms with Crippen LogP contribution in [0.5, 0.6) is 0 Å². The molecule has 60 valence electrons. The van der Waals surface area contributed by atoms with E-state index in [9.17, 15) is 4.79 Å². The Labute approximate surface area is 65.1 Å². The third-order valence-corrected chi connectivity index (χ3v) is 1.96. The Kier molecular flexibility index (Phi) is 5.43. The highest BCUT2D eigenvalue weighted by atomic mass is 32.2. The summed E-state index contributed by atoms with van der Waals surface area (Å²) in [6.07, 6.45) is 2.80. The van der Waals surface area contributed by atoms with Crippen molar-refractivity contribution in [3.63, 3.8) is 0 Å². The summed E-state index contributed by atoms with van der Waals surface area (Å²) in [5, 5.41) is 8.20. The molecule has 0 unspecified atom stereocenters. The van der Waals surface area contributed by atoms with E-state index in [4.69, 9.17) is 5.21 Å². The summed E-state index contributed by atoms with van der Waals surface area (Å²) in [6, 6.07) is 0. The summed E-state index contributed by atoms with van der Waals surface area (Å²) >= 11 is 1.70. The Hall–Kier alpha value is -0.220. The Bertz CT molecular complexity index is 108. The van der Waals surface area contributed by atoms with Crippen LogP contribution in [0.3, 0.4) is 0 Å². The van der Waals surface area contributed by atoms with Gasteiger partial charge in [0, 0.05) is 5.92 Å². The molecular formula is C6H13NO2S. The van der Waals surface area contributed by atoms with E-state index in [2.05, 4.69) is 0 Å². The first-order valence-electron chi connectivity index (χ1n) is 3.15. The predicted octanol–water partition coefficient (Wildman–Crippen LogP) is 0.881. The molecule has 1 amide bonds. The third-order valence-electron chi connectivity index (χ3n) is 1.31. The lowest BCUT2D eigenvalue weighted by atomic mass is 10.1. The third kappa shape index (κ3) is 3.74. The lowest BCUT2D eigenvalue weighted by molar-refractivity contribution is -0.132. The smallest absolute Gasteiger partial charge is 0.246 e. The van der Waals surface area contributed by atoms with Gasteiger partial charge in [-0.15, -0.1) is 0 Å². The average molecular weight is 163 g/mol. The fourth-order valence-corrected chi connectivity index (χ4v) is 1.13. The highest BCUT2D eigenvalue weighted by molar-refractivity contribution is 7.98. The normalized spacial score (nSPS) is 12.7. The zero-order valence-electron chi connectivity index (χ0n) is 6.26. The van der Waals surface area contributed by atoms with E-state index in [0.717, 1.165) is 12.2 Å². The second-order valence-electron chi connectivity index (χ2n) is 2.16. The highest BCUT2D eigenvalue weighted by Crippen LogP contribution is 2.05. The number of hydrogen-bond donors (Lipinski definition) is 2. The molecule has 0 aliphatic heterocycles. The molecule has 0 saturated heterocycles. The minimum absolute atomic E-state index is 0.0857. The summed E-state index contributed by atoms with van der Waals surface area (Å²) in [5.74, 6) is 0.570. The molecule has 0 saturated carbocycles. The van der Waals surface area contributed by atoms with Gasteiger partial charge in [0.1, 0.15) is 0 Å². The van der Waals surface area contributed by atoms with E-state index < -0.39 is 0 Å². The van der Waals surface area contributed by atoms with Crippen LogP contribution in [0.15, 0.2) is 0 Å². The van der Waals surface area contributed by atoms with Crippen molar-refractivity contribution in [2.45, 2.75) is 13.3 Å². The van der Waals surface area contributed by atoms with Crippen molar-refractivity contribution < 1.29 is 10.0 Å². The Morgan fingerprint density at radius 2 is 2.40 bits per heavy atom. The monoisotopic (exact) mass is 163 g/mol. The van der Waals surface area contributed by atoms with Gasteiger partial charge in [0.15, 0.2) is 0 Å². The van der Waals surface area contributed by atoms with Crippen LogP contribution < -0.4 is 5.48 Å². The molecule has 0 aliphatic carbocycles. The minimum Gasteiger partial charge on any atom is -0.289 e. The zero-order valence-corrected chi connectivity index (χ0v) is 7.07. The van der Waals surface area contributed by atoms with Crippen molar-refractivity contribution in [1.82, 2.24) is 5.48 Å². The van der Waals surface area contributed by atoms with Gasteiger partial charge in [0.2, 0.25) is 5.91 Å². The van der Waals surface area contributed by atoms with Gasteiger partial charge in [-0.3, -0.25) is 10.0 Å². The van der Waals surface area contributed by atoms with Crippen LogP contribution in [0, 0.1) is 5.92 Å². The fourth-order valence-electron chi connectivity index (χ4n) is 0.536. The van der Waals surface area contributed by atoms with E-state index in [1.165, 1.54) is 0 Å². The summed E-state index contributed by atoms with van der Waals surface area (Å²) in [4.78, 5) is 10.6. The molecule has 0 aromatic carbocycles. The number of hydrogen-bond acceptors (Lipinski definition) is 3. The first kappa shape index (κ1) is 9.78. The van der Waals surface area contributed by atoms with Gasteiger partial charge in [-0.25, -0.2) is 5.48 Å². The molecule has 0 rings (SSSR count). The summed E-state index contributed by atoms with van der Waals surface area (Å²) < 4.78 is 0. The lowest BCUT2D eigenvalue weighted by Crippen LogP contribution is -2.26. The van der Waals surface area contributed by atoms with Crippen LogP contribution in [0.2, 0.25) is 0 Å². The molecule has 4 heteroatoms. The number of rotatable bonds is 4. The molecule has 0 radical (unpaired) electrons. The van der Waals surface area contributed by atoms with E-state index in [1.54, 1.807) is 24.2 Å². The maximum absolute atomic E-state index is 10.6. The Balaban J connectivity index is 3.41. The molecule has 0 fully saturated rings. The minimum atomic E-state index is -0.297. The first-order chi connectivity index (χ1) is 4.72. The van der Waals surface area contributed by atoms with Crippen molar-refractivity contribution in [2.24, 2.45) is 5.92 Å². The van der Waals surface area contributed by atoms with Gasteiger partial charge in [0.25, 0.3) is 0 Å². The standard InChI is InChI=1S/C6H13NO2S/c1-5(3-4-10-2)6(8)7-9/h5,9H,3-4H2,1-2H3,(H,7,8)/t5-/m0/s1. The molecule has 0 aromatic heterocycles. The van der Waals surface area contributed by atoms with E-state index in [0.29, 0.717) is 0 Å². The van der Waals surface area contributed by atoms with E-state index >= 15 is 0 Å². The van der Waals surface area contributed by atoms with Gasteiger partial charge in [-0.1, -0.05) is 6.92 Å². The highest BCUT2D eigenvalue weighted by Gasteiger charge is 2.09. The van der Waals surface area contributed by atoms with Crippen molar-refractivity contribution in [1.29, 1.82) is 0 Å². The van der Waals surface area contributed by atoms with Crippen LogP contribution in [0.4, 0.5) is 0 Å². The van der Waals surface area contributed by atoms with Crippen LogP contribution >= 0.6 is 11.8 Å². The van der Waals surface area contributed by atoms with Crippen LogP contribution in [0.25, 0.3) is 0 Å². The number of carbonyl (C=O) groups excluding carboxylic acids is 1. The number of thioether (sulfide) groups is 1. The molecule has 0 aromatic rings. The molecular weight excluding hydrogens is 150 g/mol. The van der Waals surface area contributed by atoms with E-state index in [-0.39, 0.29) is 11.8 Å². The Morgan fingerprint density at radius 3 is 2.80 bits per heavy atom. The van der Waals surface area contributed by atoms with Crippen molar-refractivity contribution in [3.8, 4) is 0 Å². The fraction of sp³-hybridized carbons (Fsp3) is 0.833. The van der Waals surface area contributed by atoms with Gasteiger partial charge in [0.05, 0.1) is 0 Å². The topological polar surface area (TPSA) is 49.3 Å². The second kappa shape index (κ2) is 5.56. The molecule has 0 heterocycles. The Morgan fingerprint density at radius 1 is 1.80 bits per heavy atom. The quantitative estimate of drug-likeness (QED) is 0.478. The molecule has 3 nitrogen and oxygen atoms in total. The van der Waals surface area contributed by atoms with Crippen molar-refractivity contribution in [3.05, 3.63) is 0 Å². The zero-order chi connectivity index (χ0) is 7.98. The van der Waals surface area contributed by atoms with Gasteiger partial charge < -0.3 is 0 Å². The number of amides is 1. The molecule has 0 bridgehead atoms. The molecule has 10 heavy (non-hydrogen) atoms. The lowest BCUT2D eigenvalue weighted by Gasteiger charge is -2.06. The largest absolute Gasteiger partial charge is 0.289 e. The molecule has 0 spiro atoms. The van der Waals surface area contributed by atoms with E-state index in [1.807, 2.05) is 6.26 Å².